The first kappa shape index (κ1) is 22.6. The van der Waals surface area contributed by atoms with Gasteiger partial charge in [0.2, 0.25) is 5.88 Å². The van der Waals surface area contributed by atoms with Crippen LogP contribution in [0.3, 0.4) is 0 Å². The molecule has 4 aromatic rings. The SMILES string of the molecule is CN1CCN(c2ccc(Nc3cc(=NC4CC4)n4nc/c(=C\c5[nH]c(=O)[nH]c5O)c4n3)c(Cl)c2)CC1. The molecule has 12 heteroatoms. The quantitative estimate of drug-likeness (QED) is 0.319. The smallest absolute Gasteiger partial charge is 0.326 e. The van der Waals surface area contributed by atoms with Crippen molar-refractivity contribution in [3.8, 4) is 5.88 Å². The lowest BCUT2D eigenvalue weighted by Crippen LogP contribution is -2.44. The van der Waals surface area contributed by atoms with Crippen molar-refractivity contribution in [3.63, 3.8) is 0 Å². The molecular weight excluding hydrogens is 482 g/mol. The van der Waals surface area contributed by atoms with Gasteiger partial charge < -0.3 is 25.2 Å². The number of rotatable bonds is 5. The number of hydrogen-bond donors (Lipinski definition) is 4. The van der Waals surface area contributed by atoms with Crippen molar-refractivity contribution in [2.45, 2.75) is 18.9 Å². The second kappa shape index (κ2) is 8.99. The number of H-pyrrole nitrogens is 2. The lowest BCUT2D eigenvalue weighted by Gasteiger charge is -2.34. The van der Waals surface area contributed by atoms with E-state index in [0.717, 1.165) is 50.4 Å². The molecule has 1 saturated carbocycles. The summed E-state index contributed by atoms with van der Waals surface area (Å²) in [5.41, 5.74) is 2.79. The highest BCUT2D eigenvalue weighted by Gasteiger charge is 2.21. The lowest BCUT2D eigenvalue weighted by atomic mass is 10.2. The zero-order valence-corrected chi connectivity index (χ0v) is 20.5. The minimum Gasteiger partial charge on any atom is -0.493 e. The van der Waals surface area contributed by atoms with Crippen molar-refractivity contribution < 1.29 is 5.11 Å². The summed E-state index contributed by atoms with van der Waals surface area (Å²) in [6.45, 7) is 3.97. The zero-order valence-electron chi connectivity index (χ0n) is 19.7. The van der Waals surface area contributed by atoms with Crippen LogP contribution in [0.2, 0.25) is 5.02 Å². The molecule has 3 aromatic heterocycles. The summed E-state index contributed by atoms with van der Waals surface area (Å²) in [6, 6.07) is 8.13. The van der Waals surface area contributed by atoms with E-state index in [9.17, 15) is 9.90 Å². The Hall–Kier alpha value is -3.83. The van der Waals surface area contributed by atoms with Gasteiger partial charge in [-0.15, -0.1) is 0 Å². The topological polar surface area (TPSA) is 130 Å². The number of nitrogens with zero attached hydrogens (tertiary/aromatic N) is 6. The van der Waals surface area contributed by atoms with Crippen LogP contribution in [0.4, 0.5) is 17.2 Å². The Morgan fingerprint density at radius 1 is 1.19 bits per heavy atom. The predicted octanol–water partition coefficient (Wildman–Crippen LogP) is 1.21. The third-order valence-electron chi connectivity index (χ3n) is 6.46. The first-order valence-electron chi connectivity index (χ1n) is 11.9. The maximum Gasteiger partial charge on any atom is 0.326 e. The van der Waals surface area contributed by atoms with Gasteiger partial charge in [0.05, 0.1) is 22.9 Å². The molecule has 2 fully saturated rings. The summed E-state index contributed by atoms with van der Waals surface area (Å²) < 4.78 is 1.66. The summed E-state index contributed by atoms with van der Waals surface area (Å²) in [4.78, 5) is 30.6. The number of halogens is 1. The number of aromatic hydroxyl groups is 1. The highest BCUT2D eigenvalue weighted by Crippen LogP contribution is 2.30. The van der Waals surface area contributed by atoms with Crippen LogP contribution in [0.5, 0.6) is 5.88 Å². The number of imidazole rings is 1. The molecule has 0 atom stereocenters. The van der Waals surface area contributed by atoms with Crippen LogP contribution in [0.15, 0.2) is 40.2 Å². The molecule has 4 heterocycles. The lowest BCUT2D eigenvalue weighted by molar-refractivity contribution is 0.313. The van der Waals surface area contributed by atoms with Crippen LogP contribution in [0.1, 0.15) is 18.5 Å². The van der Waals surface area contributed by atoms with Crippen LogP contribution < -0.4 is 26.6 Å². The van der Waals surface area contributed by atoms with Crippen LogP contribution in [0, 0.1) is 0 Å². The minimum absolute atomic E-state index is 0.247. The van der Waals surface area contributed by atoms with E-state index >= 15 is 0 Å². The molecule has 0 spiro atoms. The van der Waals surface area contributed by atoms with E-state index in [1.807, 2.05) is 18.2 Å². The number of anilines is 3. The Kier molecular flexibility index (Phi) is 5.65. The maximum absolute atomic E-state index is 11.5. The van der Waals surface area contributed by atoms with Gasteiger partial charge in [-0.3, -0.25) is 9.98 Å². The Balaban J connectivity index is 1.37. The molecule has 186 valence electrons. The Morgan fingerprint density at radius 2 is 2.00 bits per heavy atom. The van der Waals surface area contributed by atoms with Gasteiger partial charge in [0.15, 0.2) is 11.1 Å². The van der Waals surface area contributed by atoms with Gasteiger partial charge in [0, 0.05) is 43.2 Å². The first-order chi connectivity index (χ1) is 17.4. The van der Waals surface area contributed by atoms with Gasteiger partial charge in [0.25, 0.3) is 0 Å². The fourth-order valence-corrected chi connectivity index (χ4v) is 4.49. The number of aromatic amines is 2. The van der Waals surface area contributed by atoms with Crippen molar-refractivity contribution in [1.29, 1.82) is 0 Å². The molecule has 1 saturated heterocycles. The summed E-state index contributed by atoms with van der Waals surface area (Å²) in [5.74, 6) is 0.321. The number of benzene rings is 1. The van der Waals surface area contributed by atoms with Crippen LogP contribution in [-0.2, 0) is 0 Å². The number of likely N-dealkylation sites (N-methyl/N-ethyl adjacent to an activating group) is 1. The highest BCUT2D eigenvalue weighted by molar-refractivity contribution is 6.33. The van der Waals surface area contributed by atoms with E-state index < -0.39 is 5.69 Å². The van der Waals surface area contributed by atoms with Gasteiger partial charge in [0.1, 0.15) is 11.5 Å². The van der Waals surface area contributed by atoms with Crippen molar-refractivity contribution >= 4 is 40.5 Å². The molecule has 4 N–H and O–H groups in total. The normalized spacial score (nSPS) is 17.9. The maximum atomic E-state index is 11.5. The third-order valence-corrected chi connectivity index (χ3v) is 6.77. The van der Waals surface area contributed by atoms with Crippen molar-refractivity contribution in [3.05, 3.63) is 62.4 Å². The minimum atomic E-state index is -0.496. The summed E-state index contributed by atoms with van der Waals surface area (Å²) in [5, 5.41) is 19.0. The van der Waals surface area contributed by atoms with Crippen molar-refractivity contribution in [2.75, 3.05) is 43.4 Å². The zero-order chi connectivity index (χ0) is 24.8. The summed E-state index contributed by atoms with van der Waals surface area (Å²) in [6.07, 6.45) is 5.33. The van der Waals surface area contributed by atoms with Gasteiger partial charge in [-0.05, 0) is 44.2 Å². The van der Waals surface area contributed by atoms with Crippen LogP contribution in [0.25, 0.3) is 11.7 Å². The summed E-state index contributed by atoms with van der Waals surface area (Å²) >= 11 is 6.68. The van der Waals surface area contributed by atoms with Crippen molar-refractivity contribution in [1.82, 2.24) is 29.5 Å². The number of piperazine rings is 1. The van der Waals surface area contributed by atoms with Crippen LogP contribution >= 0.6 is 11.6 Å². The fraction of sp³-hybridized carbons (Fsp3) is 0.333. The molecule has 0 amide bonds. The Morgan fingerprint density at radius 3 is 2.69 bits per heavy atom. The molecule has 0 radical (unpaired) electrons. The number of hydrogen-bond acceptors (Lipinski definition) is 8. The fourth-order valence-electron chi connectivity index (χ4n) is 4.26. The second-order valence-electron chi connectivity index (χ2n) is 9.26. The molecule has 1 aliphatic heterocycles. The van der Waals surface area contributed by atoms with E-state index in [2.05, 4.69) is 43.3 Å². The molecule has 0 unspecified atom stereocenters. The average molecular weight is 508 g/mol. The molecule has 1 aliphatic carbocycles. The molecule has 0 bridgehead atoms. The first-order valence-corrected chi connectivity index (χ1v) is 12.3. The molecule has 36 heavy (non-hydrogen) atoms. The van der Waals surface area contributed by atoms with E-state index in [1.54, 1.807) is 16.8 Å². The second-order valence-corrected chi connectivity index (χ2v) is 9.67. The number of nitrogens with one attached hydrogen (secondary N) is 3. The van der Waals surface area contributed by atoms with E-state index in [-0.39, 0.29) is 17.6 Å². The Labute approximate surface area is 210 Å². The largest absolute Gasteiger partial charge is 0.493 e. The molecule has 2 aliphatic rings. The summed E-state index contributed by atoms with van der Waals surface area (Å²) in [7, 11) is 2.13. The molecule has 11 nitrogen and oxygen atoms in total. The highest BCUT2D eigenvalue weighted by atomic mass is 35.5. The van der Waals surface area contributed by atoms with Gasteiger partial charge >= 0.3 is 5.69 Å². The van der Waals surface area contributed by atoms with Gasteiger partial charge in [-0.25, -0.2) is 9.78 Å². The van der Waals surface area contributed by atoms with Crippen LogP contribution in [-0.4, -0.2) is 73.8 Å². The monoisotopic (exact) mass is 507 g/mol. The average Bonchev–Trinajstić information content (AvgIpc) is 3.49. The molecular formula is C24H26ClN9O2. The number of fused-ring (bicyclic) bond motifs is 1. The Bertz CT molecular complexity index is 1610. The third kappa shape index (κ3) is 4.54. The van der Waals surface area contributed by atoms with E-state index in [0.29, 0.717) is 27.2 Å². The van der Waals surface area contributed by atoms with Crippen molar-refractivity contribution in [2.24, 2.45) is 4.99 Å². The molecule has 6 rings (SSSR count). The van der Waals surface area contributed by atoms with Gasteiger partial charge in [-0.2, -0.15) is 9.61 Å². The predicted molar refractivity (Wildman–Crippen MR) is 138 cm³/mol. The van der Waals surface area contributed by atoms with Gasteiger partial charge in [-0.1, -0.05) is 11.6 Å². The number of aromatic nitrogens is 5. The molecule has 1 aromatic carbocycles. The van der Waals surface area contributed by atoms with E-state index in [1.165, 1.54) is 0 Å². The standard InChI is InChI=1S/C24H26ClN9O2/c1-32-6-8-33(9-7-32)16-4-5-18(17(25)11-16)28-20-12-21(27-15-2-3-15)34-22(30-20)14(13-26-34)10-19-23(35)31-24(36)29-19/h4-5,10-13,15,28,35H,2-3,6-9H2,1H3,(H2,29,31,36)/b14-10+,27-21?. The van der Waals surface area contributed by atoms with E-state index in [4.69, 9.17) is 21.6 Å².